The van der Waals surface area contributed by atoms with Crippen molar-refractivity contribution in [3.8, 4) is 0 Å². The van der Waals surface area contributed by atoms with Gasteiger partial charge in [0.05, 0.1) is 6.54 Å². The van der Waals surface area contributed by atoms with Crippen LogP contribution in [0.5, 0.6) is 0 Å². The van der Waals surface area contributed by atoms with Crippen molar-refractivity contribution in [1.82, 2.24) is 0 Å². The Morgan fingerprint density at radius 3 is 2.52 bits per heavy atom. The van der Waals surface area contributed by atoms with Crippen molar-refractivity contribution >= 4 is 0 Å². The highest BCUT2D eigenvalue weighted by molar-refractivity contribution is 5.37. The first-order valence-corrected chi connectivity index (χ1v) is 8.06. The molecule has 0 amide bonds. The van der Waals surface area contributed by atoms with Gasteiger partial charge in [0, 0.05) is 0 Å². The van der Waals surface area contributed by atoms with Gasteiger partial charge in [0.15, 0.2) is 0 Å². The maximum absolute atomic E-state index is 3.83. The summed E-state index contributed by atoms with van der Waals surface area (Å²) in [5.74, 6) is 0. The van der Waals surface area contributed by atoms with Crippen LogP contribution in [0.1, 0.15) is 53.9 Å². The minimum atomic E-state index is 0.322. The molecule has 3 N–H and O–H groups in total. The molecule has 1 nitrogen and oxygen atoms in total. The molecule has 1 heteroatoms. The van der Waals surface area contributed by atoms with Crippen LogP contribution < -0.4 is 5.73 Å². The van der Waals surface area contributed by atoms with Crippen LogP contribution in [0.15, 0.2) is 58.7 Å². The molecule has 0 fully saturated rings. The molecule has 1 rings (SSSR count). The van der Waals surface area contributed by atoms with Crippen LogP contribution in [-0.4, -0.2) is 6.54 Å². The fourth-order valence-electron chi connectivity index (χ4n) is 2.93. The minimum Gasteiger partial charge on any atom is -0.354 e. The van der Waals surface area contributed by atoms with E-state index in [0.717, 1.165) is 6.54 Å². The quantitative estimate of drug-likeness (QED) is 0.706. The molecule has 0 atom stereocenters. The van der Waals surface area contributed by atoms with E-state index in [0.29, 0.717) is 5.41 Å². The van der Waals surface area contributed by atoms with Gasteiger partial charge in [-0.3, -0.25) is 0 Å². The zero-order valence-corrected chi connectivity index (χ0v) is 14.5. The Bertz CT molecular complexity index is 496. The Morgan fingerprint density at radius 1 is 1.19 bits per heavy atom. The van der Waals surface area contributed by atoms with E-state index < -0.39 is 0 Å². The molecule has 21 heavy (non-hydrogen) atoms. The Labute approximate surface area is 131 Å². The smallest absolute Gasteiger partial charge is 0.0932 e. The maximum atomic E-state index is 3.83. The third kappa shape index (κ3) is 5.89. The highest BCUT2D eigenvalue weighted by Gasteiger charge is 2.26. The van der Waals surface area contributed by atoms with Crippen LogP contribution >= 0.6 is 0 Å². The Kier molecular flexibility index (Phi) is 6.91. The van der Waals surface area contributed by atoms with Gasteiger partial charge in [-0.2, -0.15) is 0 Å². The summed E-state index contributed by atoms with van der Waals surface area (Å²) in [7, 11) is 0. The van der Waals surface area contributed by atoms with Crippen LogP contribution in [0.3, 0.4) is 0 Å². The highest BCUT2D eigenvalue weighted by atomic mass is 14.5. The Hall–Kier alpha value is -1.34. The van der Waals surface area contributed by atoms with Gasteiger partial charge in [0.2, 0.25) is 0 Å². The molecule has 0 saturated heterocycles. The third-order valence-electron chi connectivity index (χ3n) is 4.24. The second-order valence-corrected chi connectivity index (χ2v) is 6.77. The molecule has 0 spiro atoms. The lowest BCUT2D eigenvalue weighted by atomic mass is 9.72. The van der Waals surface area contributed by atoms with Gasteiger partial charge in [0.25, 0.3) is 0 Å². The third-order valence-corrected chi connectivity index (χ3v) is 4.24. The monoisotopic (exact) mass is 286 g/mol. The first-order chi connectivity index (χ1) is 9.86. The van der Waals surface area contributed by atoms with Gasteiger partial charge in [-0.05, 0) is 62.7 Å². The Balaban J connectivity index is 2.78. The molecule has 1 aliphatic rings. The SMILES string of the molecule is CC1=C(/C=C/C(C)=C/C=C/C(C)=C/C[NH3+])C(C)(C)CCC1. The van der Waals surface area contributed by atoms with Crippen molar-refractivity contribution in [1.29, 1.82) is 0 Å². The van der Waals surface area contributed by atoms with Crippen molar-refractivity contribution in [2.75, 3.05) is 6.54 Å². The topological polar surface area (TPSA) is 27.6 Å². The fourth-order valence-corrected chi connectivity index (χ4v) is 2.93. The van der Waals surface area contributed by atoms with Crippen molar-refractivity contribution in [2.45, 2.75) is 53.9 Å². The van der Waals surface area contributed by atoms with Crippen LogP contribution in [0, 0.1) is 5.41 Å². The largest absolute Gasteiger partial charge is 0.354 e. The first-order valence-electron chi connectivity index (χ1n) is 8.06. The molecule has 0 unspecified atom stereocenters. The van der Waals surface area contributed by atoms with Crippen molar-refractivity contribution in [3.05, 3.63) is 58.7 Å². The van der Waals surface area contributed by atoms with E-state index >= 15 is 0 Å². The molecular weight excluding hydrogens is 254 g/mol. The van der Waals surface area contributed by atoms with Crippen molar-refractivity contribution < 1.29 is 5.73 Å². The summed E-state index contributed by atoms with van der Waals surface area (Å²) in [5.41, 5.74) is 9.79. The zero-order chi connectivity index (χ0) is 15.9. The molecule has 1 aliphatic carbocycles. The maximum Gasteiger partial charge on any atom is 0.0932 e. The van der Waals surface area contributed by atoms with Crippen LogP contribution in [0.4, 0.5) is 0 Å². The average molecular weight is 286 g/mol. The number of hydrogen-bond acceptors (Lipinski definition) is 0. The summed E-state index contributed by atoms with van der Waals surface area (Å²) in [6.07, 6.45) is 17.0. The van der Waals surface area contributed by atoms with Crippen molar-refractivity contribution in [2.24, 2.45) is 5.41 Å². The van der Waals surface area contributed by atoms with Crippen LogP contribution in [0.25, 0.3) is 0 Å². The van der Waals surface area contributed by atoms with Gasteiger partial charge >= 0.3 is 0 Å². The lowest BCUT2D eigenvalue weighted by Gasteiger charge is -2.32. The van der Waals surface area contributed by atoms with Gasteiger partial charge in [0.1, 0.15) is 0 Å². The van der Waals surface area contributed by atoms with Crippen LogP contribution in [0.2, 0.25) is 0 Å². The molecule has 0 saturated carbocycles. The summed E-state index contributed by atoms with van der Waals surface area (Å²) >= 11 is 0. The zero-order valence-electron chi connectivity index (χ0n) is 14.5. The molecule has 0 aromatic rings. The second-order valence-electron chi connectivity index (χ2n) is 6.77. The minimum absolute atomic E-state index is 0.322. The lowest BCUT2D eigenvalue weighted by molar-refractivity contribution is -0.352. The van der Waals surface area contributed by atoms with Gasteiger partial charge in [-0.15, -0.1) is 0 Å². The molecule has 116 valence electrons. The van der Waals surface area contributed by atoms with E-state index in [1.807, 2.05) is 0 Å². The van der Waals surface area contributed by atoms with E-state index in [1.54, 1.807) is 5.57 Å². The predicted molar refractivity (Wildman–Crippen MR) is 93.9 cm³/mol. The summed E-state index contributed by atoms with van der Waals surface area (Å²) in [6, 6.07) is 0. The Morgan fingerprint density at radius 2 is 1.90 bits per heavy atom. The number of quaternary nitrogens is 1. The van der Waals surface area contributed by atoms with E-state index in [2.05, 4.69) is 76.8 Å². The molecule has 0 heterocycles. The first kappa shape index (κ1) is 17.7. The predicted octanol–water partition coefficient (Wildman–Crippen LogP) is 4.76. The number of allylic oxidation sites excluding steroid dienone is 9. The standard InChI is InChI=1S/C20H31N/c1-16(8-6-9-17(2)13-15-21)11-12-19-18(3)10-7-14-20(19,4)5/h6,8-9,11-13H,7,10,14-15,21H2,1-5H3/p+1/b9-6+,12-11+,16-8+,17-13+. The summed E-state index contributed by atoms with van der Waals surface area (Å²) < 4.78 is 0. The molecule has 0 bridgehead atoms. The average Bonchev–Trinajstić information content (AvgIpc) is 2.37. The van der Waals surface area contributed by atoms with Crippen molar-refractivity contribution in [3.63, 3.8) is 0 Å². The van der Waals surface area contributed by atoms with E-state index in [-0.39, 0.29) is 0 Å². The van der Waals surface area contributed by atoms with E-state index in [9.17, 15) is 0 Å². The van der Waals surface area contributed by atoms with Gasteiger partial charge in [-0.1, -0.05) is 55.4 Å². The molecule has 0 radical (unpaired) electrons. The molecule has 0 aromatic carbocycles. The van der Waals surface area contributed by atoms with Gasteiger partial charge in [-0.25, -0.2) is 0 Å². The molecular formula is C20H32N+. The normalized spacial score (nSPS) is 20.9. The summed E-state index contributed by atoms with van der Waals surface area (Å²) in [5, 5.41) is 0. The van der Waals surface area contributed by atoms with E-state index in [4.69, 9.17) is 0 Å². The van der Waals surface area contributed by atoms with E-state index in [1.165, 1.54) is 36.0 Å². The van der Waals surface area contributed by atoms with Crippen LogP contribution in [-0.2, 0) is 0 Å². The lowest BCUT2D eigenvalue weighted by Crippen LogP contribution is -2.49. The summed E-state index contributed by atoms with van der Waals surface area (Å²) in [4.78, 5) is 0. The molecule has 0 aromatic heterocycles. The second kappa shape index (κ2) is 8.19. The highest BCUT2D eigenvalue weighted by Crippen LogP contribution is 2.40. The number of rotatable bonds is 5. The summed E-state index contributed by atoms with van der Waals surface area (Å²) in [6.45, 7) is 12.1. The fraction of sp³-hybridized carbons (Fsp3) is 0.500. The van der Waals surface area contributed by atoms with Gasteiger partial charge < -0.3 is 5.73 Å². The number of hydrogen-bond donors (Lipinski definition) is 1. The molecule has 0 aliphatic heterocycles.